The Balaban J connectivity index is 2.77. The average Bonchev–Trinajstić information content (AvgIpc) is 2.22. The van der Waals surface area contributed by atoms with Crippen molar-refractivity contribution in [1.82, 2.24) is 4.57 Å². The van der Waals surface area contributed by atoms with Crippen LogP contribution in [0.2, 0.25) is 0 Å². The Hall–Kier alpha value is -2.10. The second-order valence-corrected chi connectivity index (χ2v) is 3.71. The molecule has 1 aromatic carbocycles. The third kappa shape index (κ3) is 1.82. The summed E-state index contributed by atoms with van der Waals surface area (Å²) in [6.45, 7) is 1.60. The number of pyridine rings is 1. The monoisotopic (exact) mass is 217 g/mol. The van der Waals surface area contributed by atoms with Gasteiger partial charge in [-0.15, -0.1) is 0 Å². The molecule has 0 aliphatic heterocycles. The summed E-state index contributed by atoms with van der Waals surface area (Å²) in [5, 5.41) is 9.63. The maximum absolute atomic E-state index is 11.6. The number of aromatic nitrogens is 1. The van der Waals surface area contributed by atoms with Crippen LogP contribution in [0.25, 0.3) is 10.9 Å². The third-order valence-electron chi connectivity index (χ3n) is 2.44. The van der Waals surface area contributed by atoms with Gasteiger partial charge in [0.1, 0.15) is 6.54 Å². The van der Waals surface area contributed by atoms with Crippen molar-refractivity contribution in [3.05, 3.63) is 46.2 Å². The summed E-state index contributed by atoms with van der Waals surface area (Å²) in [7, 11) is 0. The van der Waals surface area contributed by atoms with Gasteiger partial charge in [-0.2, -0.15) is 0 Å². The Labute approximate surface area is 91.8 Å². The van der Waals surface area contributed by atoms with Crippen LogP contribution in [-0.2, 0) is 11.3 Å². The van der Waals surface area contributed by atoms with Crippen LogP contribution in [-0.4, -0.2) is 15.6 Å². The summed E-state index contributed by atoms with van der Waals surface area (Å²) in [4.78, 5) is 22.3. The number of fused-ring (bicyclic) bond motifs is 1. The van der Waals surface area contributed by atoms with E-state index in [-0.39, 0.29) is 12.1 Å². The Bertz CT molecular complexity index is 613. The van der Waals surface area contributed by atoms with Gasteiger partial charge in [0.15, 0.2) is 0 Å². The number of benzene rings is 1. The number of carbonyl (C=O) groups is 1. The fourth-order valence-electron chi connectivity index (χ4n) is 1.70. The molecule has 82 valence electrons. The van der Waals surface area contributed by atoms with Gasteiger partial charge < -0.3 is 5.11 Å². The first-order chi connectivity index (χ1) is 7.58. The van der Waals surface area contributed by atoms with Crippen LogP contribution >= 0.6 is 0 Å². The molecule has 16 heavy (non-hydrogen) atoms. The first kappa shape index (κ1) is 10.4. The van der Waals surface area contributed by atoms with Gasteiger partial charge in [-0.25, -0.2) is 0 Å². The minimum atomic E-state index is -1.02. The lowest BCUT2D eigenvalue weighted by Crippen LogP contribution is -2.23. The first-order valence-corrected chi connectivity index (χ1v) is 4.90. The summed E-state index contributed by atoms with van der Waals surface area (Å²) in [6.07, 6.45) is 0. The topological polar surface area (TPSA) is 59.3 Å². The van der Waals surface area contributed by atoms with E-state index in [9.17, 15) is 9.59 Å². The van der Waals surface area contributed by atoms with E-state index >= 15 is 0 Å². The predicted molar refractivity (Wildman–Crippen MR) is 60.6 cm³/mol. The largest absolute Gasteiger partial charge is 0.480 e. The van der Waals surface area contributed by atoms with Gasteiger partial charge in [0.2, 0.25) is 0 Å². The van der Waals surface area contributed by atoms with Crippen molar-refractivity contribution in [2.24, 2.45) is 0 Å². The van der Waals surface area contributed by atoms with E-state index in [1.54, 1.807) is 6.07 Å². The summed E-state index contributed by atoms with van der Waals surface area (Å²) in [5.74, 6) is -1.02. The second-order valence-electron chi connectivity index (χ2n) is 3.71. The molecule has 4 heteroatoms. The minimum Gasteiger partial charge on any atom is -0.480 e. The molecule has 4 nitrogen and oxygen atoms in total. The molecule has 0 radical (unpaired) electrons. The highest BCUT2D eigenvalue weighted by Crippen LogP contribution is 2.13. The zero-order chi connectivity index (χ0) is 11.7. The van der Waals surface area contributed by atoms with Crippen LogP contribution < -0.4 is 5.56 Å². The average molecular weight is 217 g/mol. The van der Waals surface area contributed by atoms with Crippen molar-refractivity contribution in [3.8, 4) is 0 Å². The molecule has 0 aliphatic carbocycles. The lowest BCUT2D eigenvalue weighted by atomic mass is 10.1. The van der Waals surface area contributed by atoms with E-state index in [4.69, 9.17) is 5.11 Å². The van der Waals surface area contributed by atoms with Gasteiger partial charge in [-0.3, -0.25) is 14.2 Å². The number of nitrogens with zero attached hydrogens (tertiary/aromatic N) is 1. The molecule has 2 rings (SSSR count). The van der Waals surface area contributed by atoms with Gasteiger partial charge in [0, 0.05) is 6.07 Å². The Kier molecular flexibility index (Phi) is 2.48. The maximum Gasteiger partial charge on any atom is 0.323 e. The SMILES string of the molecule is Cc1ccc2ccc(=O)n(CC(=O)O)c2c1. The highest BCUT2D eigenvalue weighted by atomic mass is 16.4. The lowest BCUT2D eigenvalue weighted by Gasteiger charge is -2.07. The van der Waals surface area contributed by atoms with Crippen LogP contribution in [0.3, 0.4) is 0 Å². The number of hydrogen-bond acceptors (Lipinski definition) is 2. The van der Waals surface area contributed by atoms with Crippen LogP contribution in [0.4, 0.5) is 0 Å². The highest BCUT2D eigenvalue weighted by Gasteiger charge is 2.06. The van der Waals surface area contributed by atoms with E-state index in [2.05, 4.69) is 0 Å². The van der Waals surface area contributed by atoms with Crippen LogP contribution in [0, 0.1) is 6.92 Å². The normalized spacial score (nSPS) is 10.6. The van der Waals surface area contributed by atoms with Gasteiger partial charge in [0.25, 0.3) is 5.56 Å². The van der Waals surface area contributed by atoms with Crippen LogP contribution in [0.15, 0.2) is 35.1 Å². The molecule has 0 amide bonds. The molecule has 0 spiro atoms. The molecule has 1 N–H and O–H groups in total. The van der Waals surface area contributed by atoms with Crippen molar-refractivity contribution in [2.45, 2.75) is 13.5 Å². The van der Waals surface area contributed by atoms with Crippen LogP contribution in [0.1, 0.15) is 5.56 Å². The molecule has 0 saturated carbocycles. The second kappa shape index (κ2) is 3.81. The van der Waals surface area contributed by atoms with Crippen molar-refractivity contribution in [1.29, 1.82) is 0 Å². The van der Waals surface area contributed by atoms with Gasteiger partial charge in [-0.05, 0) is 30.0 Å². The quantitative estimate of drug-likeness (QED) is 0.827. The van der Waals surface area contributed by atoms with Crippen LogP contribution in [0.5, 0.6) is 0 Å². The lowest BCUT2D eigenvalue weighted by molar-refractivity contribution is -0.137. The fourth-order valence-corrected chi connectivity index (χ4v) is 1.70. The van der Waals surface area contributed by atoms with Crippen molar-refractivity contribution < 1.29 is 9.90 Å². The summed E-state index contributed by atoms with van der Waals surface area (Å²) in [6, 6.07) is 8.72. The first-order valence-electron chi connectivity index (χ1n) is 4.90. The number of rotatable bonds is 2. The third-order valence-corrected chi connectivity index (χ3v) is 2.44. The standard InChI is InChI=1S/C12H11NO3/c1-8-2-3-9-4-5-11(14)13(7-12(15)16)10(9)6-8/h2-6H,7H2,1H3,(H,15,16). The number of carboxylic acid groups (broad SMARTS) is 1. The number of hydrogen-bond donors (Lipinski definition) is 1. The molecule has 0 unspecified atom stereocenters. The molecule has 1 heterocycles. The maximum atomic E-state index is 11.6. The van der Waals surface area contributed by atoms with Crippen molar-refractivity contribution in [3.63, 3.8) is 0 Å². The highest BCUT2D eigenvalue weighted by molar-refractivity contribution is 5.81. The molecule has 1 aromatic heterocycles. The van der Waals surface area contributed by atoms with Gasteiger partial charge >= 0.3 is 5.97 Å². The Morgan fingerprint density at radius 3 is 2.69 bits per heavy atom. The molecule has 0 aliphatic rings. The summed E-state index contributed by atoms with van der Waals surface area (Å²) < 4.78 is 1.27. The fraction of sp³-hybridized carbons (Fsp3) is 0.167. The summed E-state index contributed by atoms with van der Waals surface area (Å²) >= 11 is 0. The molecule has 2 aromatic rings. The van der Waals surface area contributed by atoms with E-state index < -0.39 is 5.97 Å². The molecule has 0 fully saturated rings. The number of aliphatic carboxylic acids is 1. The number of carboxylic acids is 1. The smallest absolute Gasteiger partial charge is 0.323 e. The Morgan fingerprint density at radius 2 is 2.00 bits per heavy atom. The molecule has 0 atom stereocenters. The van der Waals surface area contributed by atoms with E-state index in [1.165, 1.54) is 10.6 Å². The predicted octanol–water partition coefficient (Wildman–Crippen LogP) is 1.39. The minimum absolute atomic E-state index is 0.291. The molecular weight excluding hydrogens is 206 g/mol. The molecular formula is C12H11NO3. The number of aryl methyl sites for hydroxylation is 1. The van der Waals surface area contributed by atoms with E-state index in [1.807, 2.05) is 25.1 Å². The zero-order valence-corrected chi connectivity index (χ0v) is 8.80. The van der Waals surface area contributed by atoms with Gasteiger partial charge in [-0.1, -0.05) is 12.1 Å². The Morgan fingerprint density at radius 1 is 1.31 bits per heavy atom. The van der Waals surface area contributed by atoms with Gasteiger partial charge in [0.05, 0.1) is 5.52 Å². The summed E-state index contributed by atoms with van der Waals surface area (Å²) in [5.41, 5.74) is 1.37. The van der Waals surface area contributed by atoms with E-state index in [0.29, 0.717) is 5.52 Å². The van der Waals surface area contributed by atoms with E-state index in [0.717, 1.165) is 10.9 Å². The zero-order valence-electron chi connectivity index (χ0n) is 8.80. The molecule has 0 saturated heterocycles. The van der Waals surface area contributed by atoms with Crippen molar-refractivity contribution in [2.75, 3.05) is 0 Å². The molecule has 0 bridgehead atoms. The van der Waals surface area contributed by atoms with Crippen molar-refractivity contribution >= 4 is 16.9 Å².